The van der Waals surface area contributed by atoms with Crippen molar-refractivity contribution in [3.63, 3.8) is 0 Å². The Hall–Kier alpha value is -3.69. The molecule has 3 aromatic rings. The number of benzene rings is 1. The molecule has 2 aromatic heterocycles. The number of piperidine rings is 1. The number of nitrogens with zero attached hydrogens (tertiary/aromatic N) is 6. The van der Waals surface area contributed by atoms with Crippen molar-refractivity contribution in [2.24, 2.45) is 5.92 Å². The minimum Gasteiger partial charge on any atom is -0.466 e. The smallest absolute Gasteiger partial charge is 0.353 e. The maximum absolute atomic E-state index is 13.4. The van der Waals surface area contributed by atoms with Crippen LogP contribution < -0.4 is 10.6 Å². The maximum Gasteiger partial charge on any atom is 0.353 e. The lowest BCUT2D eigenvalue weighted by Gasteiger charge is -2.31. The number of hydrogen-bond donors (Lipinski definition) is 0. The van der Waals surface area contributed by atoms with Gasteiger partial charge in [0.05, 0.1) is 12.5 Å². The summed E-state index contributed by atoms with van der Waals surface area (Å²) in [6.07, 6.45) is 2.29. The van der Waals surface area contributed by atoms with E-state index >= 15 is 0 Å². The number of ether oxygens (including phenoxy) is 1. The number of aryl methyl sites for hydroxylation is 1. The molecule has 5 rings (SSSR count). The Morgan fingerprint density at radius 3 is 2.77 bits per heavy atom. The van der Waals surface area contributed by atoms with Gasteiger partial charge in [-0.2, -0.15) is 0 Å². The molecule has 2 aliphatic heterocycles. The van der Waals surface area contributed by atoms with Crippen LogP contribution >= 0.6 is 0 Å². The molecule has 1 saturated heterocycles. The first-order valence-electron chi connectivity index (χ1n) is 12.2. The standard InChI is InChI=1S/C25H30N6O4/c1-3-35-23(33)20-9-6-11-28(15-20)22(32)16-30-25(34)31-21(27-30)13-17(2)26-24(31)29-12-10-18-7-4-5-8-19(18)14-29/h4-5,7-8,13,20H,3,6,9-12,14-16H2,1-2H3. The van der Waals surface area contributed by atoms with Gasteiger partial charge >= 0.3 is 11.7 Å². The van der Waals surface area contributed by atoms with Gasteiger partial charge in [0.25, 0.3) is 0 Å². The van der Waals surface area contributed by atoms with Crippen molar-refractivity contribution in [3.05, 3.63) is 57.6 Å². The van der Waals surface area contributed by atoms with Crippen LogP contribution in [0.1, 0.15) is 36.6 Å². The fourth-order valence-corrected chi connectivity index (χ4v) is 5.00. The van der Waals surface area contributed by atoms with Crippen LogP contribution in [-0.2, 0) is 33.8 Å². The molecule has 0 N–H and O–H groups in total. The molecule has 1 aromatic carbocycles. The van der Waals surface area contributed by atoms with E-state index < -0.39 is 5.69 Å². The molecule has 0 radical (unpaired) electrons. The molecule has 0 saturated carbocycles. The second kappa shape index (κ2) is 9.52. The summed E-state index contributed by atoms with van der Waals surface area (Å²) in [6.45, 7) is 6.03. The third kappa shape index (κ3) is 4.52. The molecule has 10 nitrogen and oxygen atoms in total. The van der Waals surface area contributed by atoms with E-state index in [1.54, 1.807) is 17.9 Å². The molecule has 0 spiro atoms. The molecule has 0 bridgehead atoms. The first-order valence-corrected chi connectivity index (χ1v) is 12.2. The van der Waals surface area contributed by atoms with E-state index in [-0.39, 0.29) is 24.3 Å². The molecule has 1 amide bonds. The van der Waals surface area contributed by atoms with Crippen LogP contribution in [0.5, 0.6) is 0 Å². The summed E-state index contributed by atoms with van der Waals surface area (Å²) in [4.78, 5) is 47.0. The van der Waals surface area contributed by atoms with Gasteiger partial charge in [-0.3, -0.25) is 9.59 Å². The van der Waals surface area contributed by atoms with Crippen LogP contribution in [0.4, 0.5) is 5.95 Å². The predicted molar refractivity (Wildman–Crippen MR) is 129 cm³/mol. The van der Waals surface area contributed by atoms with Crippen molar-refractivity contribution in [1.82, 2.24) is 24.1 Å². The minimum atomic E-state index is -0.395. The van der Waals surface area contributed by atoms with E-state index in [0.29, 0.717) is 44.3 Å². The van der Waals surface area contributed by atoms with Gasteiger partial charge in [-0.25, -0.2) is 18.9 Å². The predicted octanol–water partition coefficient (Wildman–Crippen LogP) is 1.56. The zero-order chi connectivity index (χ0) is 24.5. The molecule has 1 unspecified atom stereocenters. The van der Waals surface area contributed by atoms with Crippen LogP contribution in [0.15, 0.2) is 35.1 Å². The first kappa shape index (κ1) is 23.1. The monoisotopic (exact) mass is 478 g/mol. The largest absolute Gasteiger partial charge is 0.466 e. The number of amides is 1. The van der Waals surface area contributed by atoms with E-state index in [0.717, 1.165) is 25.1 Å². The average molecular weight is 479 g/mol. The van der Waals surface area contributed by atoms with Gasteiger partial charge in [-0.15, -0.1) is 5.10 Å². The molecule has 2 aliphatic rings. The number of anilines is 1. The quantitative estimate of drug-likeness (QED) is 0.513. The SMILES string of the molecule is CCOC(=O)C1CCCN(C(=O)Cn2nc3cc(C)nc(N4CCc5ccccc5C4)n3c2=O)C1. The number of esters is 1. The third-order valence-corrected chi connectivity index (χ3v) is 6.77. The van der Waals surface area contributed by atoms with Gasteiger partial charge in [-0.1, -0.05) is 24.3 Å². The first-order chi connectivity index (χ1) is 16.9. The van der Waals surface area contributed by atoms with Crippen LogP contribution in [-0.4, -0.2) is 62.2 Å². The van der Waals surface area contributed by atoms with E-state index in [1.807, 2.05) is 19.1 Å². The van der Waals surface area contributed by atoms with Crippen molar-refractivity contribution in [3.8, 4) is 0 Å². The Kier molecular flexibility index (Phi) is 6.27. The zero-order valence-corrected chi connectivity index (χ0v) is 20.1. The van der Waals surface area contributed by atoms with Crippen molar-refractivity contribution in [2.75, 3.05) is 31.1 Å². The molecule has 35 heavy (non-hydrogen) atoms. The average Bonchev–Trinajstić information content (AvgIpc) is 3.17. The van der Waals surface area contributed by atoms with E-state index in [2.05, 4.69) is 27.1 Å². The van der Waals surface area contributed by atoms with E-state index in [1.165, 1.54) is 20.2 Å². The number of fused-ring (bicyclic) bond motifs is 2. The summed E-state index contributed by atoms with van der Waals surface area (Å²) in [5, 5.41) is 4.45. The molecular weight excluding hydrogens is 448 g/mol. The molecule has 1 atom stereocenters. The Balaban J connectivity index is 1.40. The van der Waals surface area contributed by atoms with Gasteiger partial charge in [0.2, 0.25) is 11.9 Å². The highest BCUT2D eigenvalue weighted by atomic mass is 16.5. The third-order valence-electron chi connectivity index (χ3n) is 6.77. The highest BCUT2D eigenvalue weighted by molar-refractivity contribution is 5.78. The molecule has 0 aliphatic carbocycles. The Bertz CT molecular complexity index is 1330. The highest BCUT2D eigenvalue weighted by Crippen LogP contribution is 2.24. The van der Waals surface area contributed by atoms with Crippen molar-refractivity contribution in [2.45, 2.75) is 46.2 Å². The summed E-state index contributed by atoms with van der Waals surface area (Å²) < 4.78 is 7.83. The summed E-state index contributed by atoms with van der Waals surface area (Å²) in [7, 11) is 0. The van der Waals surface area contributed by atoms with Crippen LogP contribution in [0, 0.1) is 12.8 Å². The second-order valence-electron chi connectivity index (χ2n) is 9.20. The number of rotatable bonds is 5. The summed E-state index contributed by atoms with van der Waals surface area (Å²) >= 11 is 0. The van der Waals surface area contributed by atoms with Gasteiger partial charge in [-0.05, 0) is 44.2 Å². The Morgan fingerprint density at radius 2 is 1.97 bits per heavy atom. The number of likely N-dealkylation sites (tertiary alicyclic amines) is 1. The van der Waals surface area contributed by atoms with Gasteiger partial charge < -0.3 is 14.5 Å². The lowest BCUT2D eigenvalue weighted by Crippen LogP contribution is -2.45. The normalized spacial score (nSPS) is 17.9. The summed E-state index contributed by atoms with van der Waals surface area (Å²) in [5.74, 6) is -0.295. The molecule has 1 fully saturated rings. The summed E-state index contributed by atoms with van der Waals surface area (Å²) in [6, 6.07) is 10.0. The fraction of sp³-hybridized carbons (Fsp3) is 0.480. The summed E-state index contributed by atoms with van der Waals surface area (Å²) in [5.41, 5.74) is 3.35. The zero-order valence-electron chi connectivity index (χ0n) is 20.1. The molecule has 10 heteroatoms. The van der Waals surface area contributed by atoms with Crippen molar-refractivity contribution >= 4 is 23.5 Å². The van der Waals surface area contributed by atoms with Gasteiger partial charge in [0.1, 0.15) is 6.54 Å². The second-order valence-corrected chi connectivity index (χ2v) is 9.20. The van der Waals surface area contributed by atoms with Crippen molar-refractivity contribution in [1.29, 1.82) is 0 Å². The fourth-order valence-electron chi connectivity index (χ4n) is 5.00. The van der Waals surface area contributed by atoms with Crippen LogP contribution in [0.2, 0.25) is 0 Å². The van der Waals surface area contributed by atoms with E-state index in [9.17, 15) is 14.4 Å². The van der Waals surface area contributed by atoms with Crippen LogP contribution in [0.3, 0.4) is 0 Å². The minimum absolute atomic E-state index is 0.183. The molecule has 184 valence electrons. The maximum atomic E-state index is 13.4. The molecule has 4 heterocycles. The Labute approximate surface area is 203 Å². The number of hydrogen-bond acceptors (Lipinski definition) is 7. The lowest BCUT2D eigenvalue weighted by atomic mass is 9.98. The topological polar surface area (TPSA) is 102 Å². The highest BCUT2D eigenvalue weighted by Gasteiger charge is 2.30. The number of aromatic nitrogens is 4. The Morgan fingerprint density at radius 1 is 1.17 bits per heavy atom. The van der Waals surface area contributed by atoms with E-state index in [4.69, 9.17) is 4.74 Å². The van der Waals surface area contributed by atoms with Gasteiger partial charge in [0, 0.05) is 37.9 Å². The molecular formula is C25H30N6O4. The lowest BCUT2D eigenvalue weighted by molar-refractivity contribution is -0.151. The number of carbonyl (C=O) groups is 2. The van der Waals surface area contributed by atoms with Gasteiger partial charge in [0.15, 0.2) is 5.65 Å². The van der Waals surface area contributed by atoms with Crippen LogP contribution in [0.25, 0.3) is 5.65 Å². The van der Waals surface area contributed by atoms with Crippen molar-refractivity contribution < 1.29 is 14.3 Å². The number of carbonyl (C=O) groups excluding carboxylic acids is 2.